The molecule has 0 saturated heterocycles. The minimum Gasteiger partial charge on any atom is -0.493 e. The number of fused-ring (bicyclic) bond motifs is 6. The molecule has 3 aliphatic heterocycles. The maximum atomic E-state index is 13.5. The average Bonchev–Trinajstić information content (AvgIpc) is 3.17. The fourth-order valence-corrected chi connectivity index (χ4v) is 4.34. The van der Waals surface area contributed by atoms with E-state index in [1.807, 2.05) is 19.1 Å². The van der Waals surface area contributed by atoms with Crippen molar-refractivity contribution >= 4 is 5.78 Å². The Kier molecular flexibility index (Phi) is 3.98. The molecule has 0 fully saturated rings. The Balaban J connectivity index is 1.58. The molecule has 2 aromatic rings. The van der Waals surface area contributed by atoms with E-state index in [0.717, 1.165) is 22.4 Å². The summed E-state index contributed by atoms with van der Waals surface area (Å²) in [4.78, 5) is 13.5. The Morgan fingerprint density at radius 1 is 1.10 bits per heavy atom. The van der Waals surface area contributed by atoms with Crippen LogP contribution in [0.4, 0.5) is 0 Å². The molecule has 0 spiro atoms. The predicted molar refractivity (Wildman–Crippen MR) is 106 cm³/mol. The smallest absolute Gasteiger partial charge is 0.178 e. The van der Waals surface area contributed by atoms with Crippen LogP contribution in [0.25, 0.3) is 0 Å². The van der Waals surface area contributed by atoms with E-state index < -0.39 is 12.0 Å². The molecule has 3 heterocycles. The highest BCUT2D eigenvalue weighted by molar-refractivity contribution is 6.06. The molecule has 0 saturated carbocycles. The van der Waals surface area contributed by atoms with Crippen molar-refractivity contribution in [3.8, 4) is 28.7 Å². The number of benzene rings is 2. The Labute approximate surface area is 169 Å². The van der Waals surface area contributed by atoms with Crippen LogP contribution in [0.1, 0.15) is 34.3 Å². The highest BCUT2D eigenvalue weighted by Crippen LogP contribution is 2.49. The summed E-state index contributed by atoms with van der Waals surface area (Å²) in [6.07, 6.45) is 0.157. The van der Waals surface area contributed by atoms with E-state index in [2.05, 4.69) is 6.58 Å². The second-order valence-corrected chi connectivity index (χ2v) is 7.63. The lowest BCUT2D eigenvalue weighted by molar-refractivity contribution is 0.0554. The fraction of sp³-hybridized carbons (Fsp3) is 0.348. The van der Waals surface area contributed by atoms with Crippen molar-refractivity contribution in [1.29, 1.82) is 0 Å². The van der Waals surface area contributed by atoms with Crippen LogP contribution in [0.15, 0.2) is 36.4 Å². The van der Waals surface area contributed by atoms with Gasteiger partial charge in [-0.15, -0.1) is 0 Å². The maximum absolute atomic E-state index is 13.5. The molecule has 0 aromatic heterocycles. The predicted octanol–water partition coefficient (Wildman–Crippen LogP) is 3.70. The normalized spacial score (nSPS) is 23.4. The summed E-state index contributed by atoms with van der Waals surface area (Å²) in [5.74, 6) is 2.68. The van der Waals surface area contributed by atoms with Crippen molar-refractivity contribution in [3.63, 3.8) is 0 Å². The molecule has 0 amide bonds. The Hall–Kier alpha value is -3.15. The molecule has 150 valence electrons. The Morgan fingerprint density at radius 2 is 1.86 bits per heavy atom. The van der Waals surface area contributed by atoms with E-state index in [-0.39, 0.29) is 18.5 Å². The summed E-state index contributed by atoms with van der Waals surface area (Å²) in [7, 11) is 3.14. The van der Waals surface area contributed by atoms with E-state index in [1.54, 1.807) is 26.4 Å². The fourth-order valence-electron chi connectivity index (χ4n) is 4.34. The molecular formula is C23H22O6. The molecule has 0 aliphatic carbocycles. The van der Waals surface area contributed by atoms with Crippen LogP contribution in [0.5, 0.6) is 28.7 Å². The molecular weight excluding hydrogens is 372 g/mol. The number of ether oxygens (including phenoxy) is 5. The maximum Gasteiger partial charge on any atom is 0.178 e. The number of carbonyl (C=O) groups is 1. The van der Waals surface area contributed by atoms with E-state index >= 15 is 0 Å². The summed E-state index contributed by atoms with van der Waals surface area (Å²) in [6.45, 7) is 6.22. The monoisotopic (exact) mass is 394 g/mol. The first-order valence-corrected chi connectivity index (χ1v) is 9.59. The molecule has 6 nitrogen and oxygen atoms in total. The Bertz CT molecular complexity index is 1040. The first-order valence-electron chi connectivity index (χ1n) is 9.59. The summed E-state index contributed by atoms with van der Waals surface area (Å²) >= 11 is 0. The van der Waals surface area contributed by atoms with Gasteiger partial charge in [0.15, 0.2) is 17.3 Å². The van der Waals surface area contributed by atoms with Gasteiger partial charge in [-0.1, -0.05) is 6.58 Å². The van der Waals surface area contributed by atoms with E-state index in [0.29, 0.717) is 35.0 Å². The second-order valence-electron chi connectivity index (χ2n) is 7.63. The van der Waals surface area contributed by atoms with Crippen molar-refractivity contribution in [2.24, 2.45) is 0 Å². The largest absolute Gasteiger partial charge is 0.493 e. The van der Waals surface area contributed by atoms with Crippen molar-refractivity contribution in [1.82, 2.24) is 0 Å². The van der Waals surface area contributed by atoms with Gasteiger partial charge >= 0.3 is 0 Å². The zero-order valence-corrected chi connectivity index (χ0v) is 16.6. The van der Waals surface area contributed by atoms with Crippen LogP contribution in [-0.4, -0.2) is 38.8 Å². The molecule has 5 rings (SSSR count). The highest BCUT2D eigenvalue weighted by Gasteiger charge is 2.45. The minimum absolute atomic E-state index is 0.0228. The molecule has 6 heteroatoms. The van der Waals surface area contributed by atoms with Crippen LogP contribution in [0.3, 0.4) is 0 Å². The van der Waals surface area contributed by atoms with Crippen molar-refractivity contribution < 1.29 is 28.5 Å². The van der Waals surface area contributed by atoms with Crippen LogP contribution in [-0.2, 0) is 6.42 Å². The number of carbonyl (C=O) groups excluding carboxylic acids is 1. The van der Waals surface area contributed by atoms with Gasteiger partial charge in [-0.3, -0.25) is 4.79 Å². The highest BCUT2D eigenvalue weighted by atomic mass is 16.5. The standard InChI is InChI=1S/C23H22O6/c1-11(2)16-8-14-15(28-16)6-5-12-22(24)21-13-7-18(25-3)19(26-4)9-17(13)27-10-20(21)29-23(12)14/h5-7,9,16,20-21H,1,8,10H2,2-4H3/t16-,20+,21-/m0/s1. The van der Waals surface area contributed by atoms with Gasteiger partial charge in [0.05, 0.1) is 25.7 Å². The van der Waals surface area contributed by atoms with Gasteiger partial charge in [0.1, 0.15) is 36.1 Å². The molecule has 0 unspecified atom stereocenters. The lowest BCUT2D eigenvalue weighted by atomic mass is 9.81. The lowest BCUT2D eigenvalue weighted by Gasteiger charge is -2.37. The number of hydrogen-bond donors (Lipinski definition) is 0. The van der Waals surface area contributed by atoms with Crippen LogP contribution in [0, 0.1) is 0 Å². The number of rotatable bonds is 3. The number of methoxy groups -OCH3 is 2. The van der Waals surface area contributed by atoms with Gasteiger partial charge in [-0.2, -0.15) is 0 Å². The van der Waals surface area contributed by atoms with Gasteiger partial charge < -0.3 is 23.7 Å². The average molecular weight is 394 g/mol. The van der Waals surface area contributed by atoms with Crippen molar-refractivity contribution in [2.75, 3.05) is 20.8 Å². The number of hydrogen-bond acceptors (Lipinski definition) is 6. The lowest BCUT2D eigenvalue weighted by Crippen LogP contribution is -2.43. The molecule has 0 radical (unpaired) electrons. The second kappa shape index (κ2) is 6.44. The molecule has 3 aliphatic rings. The van der Waals surface area contributed by atoms with Crippen molar-refractivity contribution in [3.05, 3.63) is 53.1 Å². The van der Waals surface area contributed by atoms with E-state index in [1.165, 1.54) is 0 Å². The van der Waals surface area contributed by atoms with Crippen molar-refractivity contribution in [2.45, 2.75) is 31.5 Å². The molecule has 29 heavy (non-hydrogen) atoms. The summed E-state index contributed by atoms with van der Waals surface area (Å²) in [6, 6.07) is 7.23. The molecule has 0 N–H and O–H groups in total. The number of ketones is 1. The molecule has 3 atom stereocenters. The quantitative estimate of drug-likeness (QED) is 0.740. The van der Waals surface area contributed by atoms with Crippen LogP contribution in [0.2, 0.25) is 0 Å². The van der Waals surface area contributed by atoms with Gasteiger partial charge in [0.2, 0.25) is 0 Å². The van der Waals surface area contributed by atoms with Gasteiger partial charge in [0, 0.05) is 23.6 Å². The first-order chi connectivity index (χ1) is 14.0. The zero-order valence-electron chi connectivity index (χ0n) is 16.6. The third-order valence-corrected chi connectivity index (χ3v) is 5.87. The zero-order chi connectivity index (χ0) is 20.3. The molecule has 2 aromatic carbocycles. The minimum atomic E-state index is -0.455. The summed E-state index contributed by atoms with van der Waals surface area (Å²) < 4.78 is 29.0. The number of Topliss-reactive ketones (excluding diaryl/α,β-unsaturated/α-hetero) is 1. The van der Waals surface area contributed by atoms with E-state index in [4.69, 9.17) is 23.7 Å². The van der Waals surface area contributed by atoms with Crippen LogP contribution >= 0.6 is 0 Å². The SMILES string of the molecule is C=C(C)[C@@H]1Cc2c(ccc3c2O[C@@H]2COc4cc(OC)c(OC)cc4[C@@H]2C3=O)O1. The van der Waals surface area contributed by atoms with E-state index in [9.17, 15) is 4.79 Å². The third kappa shape index (κ3) is 2.58. The summed E-state index contributed by atoms with van der Waals surface area (Å²) in [5.41, 5.74) is 3.22. The van der Waals surface area contributed by atoms with Gasteiger partial charge in [-0.05, 0) is 30.7 Å². The third-order valence-electron chi connectivity index (χ3n) is 5.87. The first kappa shape index (κ1) is 17.9. The summed E-state index contributed by atoms with van der Waals surface area (Å²) in [5, 5.41) is 0. The van der Waals surface area contributed by atoms with Crippen LogP contribution < -0.4 is 23.7 Å². The van der Waals surface area contributed by atoms with Gasteiger partial charge in [0.25, 0.3) is 0 Å². The van der Waals surface area contributed by atoms with Gasteiger partial charge in [-0.25, -0.2) is 0 Å². The molecule has 0 bridgehead atoms. The topological polar surface area (TPSA) is 63.2 Å². The Morgan fingerprint density at radius 3 is 2.59 bits per heavy atom.